The number of nitrogens with zero attached hydrogens (tertiary/aromatic N) is 1. The normalized spacial score (nSPS) is 18.5. The van der Waals surface area contributed by atoms with Crippen LogP contribution in [-0.2, 0) is 16.6 Å². The lowest BCUT2D eigenvalue weighted by molar-refractivity contribution is 0.681. The molecule has 1 heterocycles. The summed E-state index contributed by atoms with van der Waals surface area (Å²) in [7, 11) is -0.738. The van der Waals surface area contributed by atoms with E-state index in [4.69, 9.17) is 5.73 Å². The molecule has 0 amide bonds. The second-order valence-electron chi connectivity index (χ2n) is 3.30. The molecular formula is C9H12N2OS. The summed E-state index contributed by atoms with van der Waals surface area (Å²) in [5, 5.41) is 0.420. The molecule has 4 heteroatoms. The Balaban J connectivity index is 2.04. The standard InChI is InChI=1S/C9H12N2OS/c10-7-3-4-11-8(5-7)6-13(12)9-1-2-9/h3-5,9H,1-2,6H2,(H2,10,11). The van der Waals surface area contributed by atoms with Crippen LogP contribution in [0.1, 0.15) is 18.5 Å². The van der Waals surface area contributed by atoms with Crippen LogP contribution in [0.2, 0.25) is 0 Å². The molecule has 0 bridgehead atoms. The van der Waals surface area contributed by atoms with Crippen LogP contribution in [0, 0.1) is 0 Å². The Labute approximate surface area is 79.8 Å². The van der Waals surface area contributed by atoms with Crippen molar-refractivity contribution in [2.24, 2.45) is 0 Å². The third-order valence-corrected chi connectivity index (χ3v) is 3.82. The van der Waals surface area contributed by atoms with E-state index < -0.39 is 10.8 Å². The van der Waals surface area contributed by atoms with E-state index in [1.54, 1.807) is 18.3 Å². The first-order chi connectivity index (χ1) is 6.25. The molecule has 1 aliphatic carbocycles. The van der Waals surface area contributed by atoms with Crippen LogP contribution in [0.25, 0.3) is 0 Å². The van der Waals surface area contributed by atoms with Crippen LogP contribution in [-0.4, -0.2) is 14.4 Å². The van der Waals surface area contributed by atoms with Crippen molar-refractivity contribution >= 4 is 16.5 Å². The van der Waals surface area contributed by atoms with Gasteiger partial charge in [0.05, 0.1) is 11.4 Å². The summed E-state index contributed by atoms with van der Waals surface area (Å²) in [5.41, 5.74) is 7.12. The molecule has 70 valence electrons. The minimum Gasteiger partial charge on any atom is -0.399 e. The van der Waals surface area contributed by atoms with E-state index in [0.29, 0.717) is 16.7 Å². The van der Waals surface area contributed by atoms with Gasteiger partial charge in [0, 0.05) is 27.9 Å². The molecule has 1 unspecified atom stereocenters. The Morgan fingerprint density at radius 3 is 3.00 bits per heavy atom. The van der Waals surface area contributed by atoms with Gasteiger partial charge in [-0.25, -0.2) is 0 Å². The average molecular weight is 196 g/mol. The fourth-order valence-corrected chi connectivity index (χ4v) is 2.52. The lowest BCUT2D eigenvalue weighted by Crippen LogP contribution is -2.02. The third kappa shape index (κ3) is 2.28. The molecule has 0 aromatic carbocycles. The van der Waals surface area contributed by atoms with E-state index in [-0.39, 0.29) is 0 Å². The number of rotatable bonds is 3. The molecule has 1 saturated carbocycles. The van der Waals surface area contributed by atoms with Crippen molar-refractivity contribution in [3.05, 3.63) is 24.0 Å². The van der Waals surface area contributed by atoms with Gasteiger partial charge in [0.15, 0.2) is 0 Å². The van der Waals surface area contributed by atoms with Crippen molar-refractivity contribution < 1.29 is 4.21 Å². The predicted molar refractivity (Wildman–Crippen MR) is 53.5 cm³/mol. The van der Waals surface area contributed by atoms with Crippen molar-refractivity contribution in [1.82, 2.24) is 4.98 Å². The van der Waals surface area contributed by atoms with E-state index in [2.05, 4.69) is 4.98 Å². The second kappa shape index (κ2) is 3.46. The smallest absolute Gasteiger partial charge is 0.0662 e. The molecule has 1 atom stereocenters. The molecule has 1 aromatic heterocycles. The maximum atomic E-state index is 11.5. The van der Waals surface area contributed by atoms with Gasteiger partial charge in [-0.15, -0.1) is 0 Å². The van der Waals surface area contributed by atoms with Gasteiger partial charge in [0.1, 0.15) is 0 Å². The van der Waals surface area contributed by atoms with E-state index in [0.717, 1.165) is 18.5 Å². The highest BCUT2D eigenvalue weighted by molar-refractivity contribution is 7.85. The van der Waals surface area contributed by atoms with Crippen LogP contribution in [0.3, 0.4) is 0 Å². The molecule has 1 fully saturated rings. The maximum Gasteiger partial charge on any atom is 0.0662 e. The van der Waals surface area contributed by atoms with Gasteiger partial charge in [-0.05, 0) is 25.0 Å². The molecule has 1 aromatic rings. The van der Waals surface area contributed by atoms with Crippen molar-refractivity contribution in [2.75, 3.05) is 5.73 Å². The van der Waals surface area contributed by atoms with Crippen molar-refractivity contribution in [2.45, 2.75) is 23.8 Å². The quantitative estimate of drug-likeness (QED) is 0.787. The van der Waals surface area contributed by atoms with Gasteiger partial charge in [-0.1, -0.05) is 0 Å². The Bertz CT molecular complexity index is 336. The molecule has 1 aliphatic rings. The minimum absolute atomic E-state index is 0.420. The van der Waals surface area contributed by atoms with Gasteiger partial charge in [0.25, 0.3) is 0 Å². The molecule has 0 aliphatic heterocycles. The summed E-state index contributed by atoms with van der Waals surface area (Å²) >= 11 is 0. The summed E-state index contributed by atoms with van der Waals surface area (Å²) < 4.78 is 11.5. The fraction of sp³-hybridized carbons (Fsp3) is 0.444. The highest BCUT2D eigenvalue weighted by Crippen LogP contribution is 2.27. The number of aromatic nitrogens is 1. The second-order valence-corrected chi connectivity index (χ2v) is 5.02. The van der Waals surface area contributed by atoms with Gasteiger partial charge < -0.3 is 5.73 Å². The van der Waals surface area contributed by atoms with E-state index in [1.165, 1.54) is 0 Å². The summed E-state index contributed by atoms with van der Waals surface area (Å²) in [6, 6.07) is 3.53. The number of pyridine rings is 1. The molecule has 0 saturated heterocycles. The predicted octanol–water partition coefficient (Wildman–Crippen LogP) is 1.07. The van der Waals surface area contributed by atoms with Gasteiger partial charge in [-0.2, -0.15) is 0 Å². The fourth-order valence-electron chi connectivity index (χ4n) is 1.17. The number of hydrogen-bond donors (Lipinski definition) is 1. The zero-order valence-electron chi connectivity index (χ0n) is 7.27. The lowest BCUT2D eigenvalue weighted by atomic mass is 10.3. The first-order valence-corrected chi connectivity index (χ1v) is 5.71. The first kappa shape index (κ1) is 8.69. The zero-order chi connectivity index (χ0) is 9.26. The highest BCUT2D eigenvalue weighted by Gasteiger charge is 2.28. The molecule has 3 nitrogen and oxygen atoms in total. The van der Waals surface area contributed by atoms with Crippen molar-refractivity contribution in [3.8, 4) is 0 Å². The summed E-state index contributed by atoms with van der Waals surface area (Å²) in [4.78, 5) is 4.12. The van der Waals surface area contributed by atoms with Crippen molar-refractivity contribution in [3.63, 3.8) is 0 Å². The molecule has 0 radical (unpaired) electrons. The largest absolute Gasteiger partial charge is 0.399 e. The summed E-state index contributed by atoms with van der Waals surface area (Å²) in [6.07, 6.45) is 3.87. The first-order valence-electron chi connectivity index (χ1n) is 4.33. The Kier molecular flexibility index (Phi) is 2.31. The zero-order valence-corrected chi connectivity index (χ0v) is 8.09. The van der Waals surface area contributed by atoms with Crippen molar-refractivity contribution in [1.29, 1.82) is 0 Å². The molecular weight excluding hydrogens is 184 g/mol. The third-order valence-electron chi connectivity index (χ3n) is 2.03. The van der Waals surface area contributed by atoms with Gasteiger partial charge >= 0.3 is 0 Å². The lowest BCUT2D eigenvalue weighted by Gasteiger charge is -2.00. The Hall–Kier alpha value is -0.900. The summed E-state index contributed by atoms with van der Waals surface area (Å²) in [5.74, 6) is 0.551. The topological polar surface area (TPSA) is 56.0 Å². The molecule has 2 rings (SSSR count). The number of nitrogens with two attached hydrogens (primary N) is 1. The van der Waals surface area contributed by atoms with Crippen LogP contribution in [0.4, 0.5) is 5.69 Å². The monoisotopic (exact) mass is 196 g/mol. The van der Waals surface area contributed by atoms with Gasteiger partial charge in [0.2, 0.25) is 0 Å². The molecule has 2 N–H and O–H groups in total. The van der Waals surface area contributed by atoms with Crippen LogP contribution >= 0.6 is 0 Å². The maximum absolute atomic E-state index is 11.5. The SMILES string of the molecule is Nc1ccnc(CS(=O)C2CC2)c1. The minimum atomic E-state index is -0.738. The van der Waals surface area contributed by atoms with E-state index in [9.17, 15) is 4.21 Å². The van der Waals surface area contributed by atoms with Crippen LogP contribution in [0.15, 0.2) is 18.3 Å². The van der Waals surface area contributed by atoms with E-state index >= 15 is 0 Å². The highest BCUT2D eigenvalue weighted by atomic mass is 32.2. The summed E-state index contributed by atoms with van der Waals surface area (Å²) in [6.45, 7) is 0. The Morgan fingerprint density at radius 2 is 2.38 bits per heavy atom. The number of anilines is 1. The molecule has 0 spiro atoms. The number of hydrogen-bond acceptors (Lipinski definition) is 3. The van der Waals surface area contributed by atoms with Crippen LogP contribution < -0.4 is 5.73 Å². The van der Waals surface area contributed by atoms with Crippen LogP contribution in [0.5, 0.6) is 0 Å². The van der Waals surface area contributed by atoms with Gasteiger partial charge in [-0.3, -0.25) is 9.19 Å². The molecule has 13 heavy (non-hydrogen) atoms. The number of nitrogen functional groups attached to an aromatic ring is 1. The Morgan fingerprint density at radius 1 is 1.62 bits per heavy atom. The average Bonchev–Trinajstić information content (AvgIpc) is 2.85. The van der Waals surface area contributed by atoms with E-state index in [1.807, 2.05) is 0 Å².